The molecule has 0 amide bonds. The first kappa shape index (κ1) is 13.6. The summed E-state index contributed by atoms with van der Waals surface area (Å²) in [5.74, 6) is 1.08. The SMILES string of the molecule is CCc1cc2c(N3CCC(n4ccnn4)CC3)ncnc2s1. The van der Waals surface area contributed by atoms with E-state index >= 15 is 0 Å². The number of piperidine rings is 1. The second-order valence-electron chi connectivity index (χ2n) is 5.58. The summed E-state index contributed by atoms with van der Waals surface area (Å²) in [6.45, 7) is 4.17. The number of hydrogen-bond donors (Lipinski definition) is 0. The Balaban J connectivity index is 1.57. The fourth-order valence-electron chi connectivity index (χ4n) is 3.07. The van der Waals surface area contributed by atoms with Crippen molar-refractivity contribution in [3.8, 4) is 0 Å². The molecule has 0 atom stereocenters. The van der Waals surface area contributed by atoms with Gasteiger partial charge in [0.25, 0.3) is 0 Å². The lowest BCUT2D eigenvalue weighted by Gasteiger charge is -2.32. The first-order chi connectivity index (χ1) is 10.8. The third-order valence-corrected chi connectivity index (χ3v) is 5.47. The summed E-state index contributed by atoms with van der Waals surface area (Å²) in [7, 11) is 0. The molecule has 1 fully saturated rings. The minimum absolute atomic E-state index is 0.449. The number of hydrogen-bond acceptors (Lipinski definition) is 6. The lowest BCUT2D eigenvalue weighted by Crippen LogP contribution is -2.35. The molecule has 6 nitrogen and oxygen atoms in total. The van der Waals surface area contributed by atoms with E-state index in [9.17, 15) is 0 Å². The smallest absolute Gasteiger partial charge is 0.140 e. The Morgan fingerprint density at radius 3 is 2.86 bits per heavy atom. The van der Waals surface area contributed by atoms with Gasteiger partial charge in [0.1, 0.15) is 17.0 Å². The Hall–Kier alpha value is -2.02. The Morgan fingerprint density at radius 1 is 1.27 bits per heavy atom. The number of rotatable bonds is 3. The molecule has 114 valence electrons. The van der Waals surface area contributed by atoms with Crippen LogP contribution in [0.25, 0.3) is 10.2 Å². The standard InChI is InChI=1S/C15H18N6S/c1-2-12-9-13-14(16-10-17-15(13)22-12)20-6-3-11(4-7-20)21-8-5-18-19-21/h5,8-11H,2-4,6-7H2,1H3. The number of aromatic nitrogens is 5. The highest BCUT2D eigenvalue weighted by Gasteiger charge is 2.23. The highest BCUT2D eigenvalue weighted by molar-refractivity contribution is 7.18. The van der Waals surface area contributed by atoms with Crippen molar-refractivity contribution in [3.63, 3.8) is 0 Å². The maximum Gasteiger partial charge on any atom is 0.140 e. The van der Waals surface area contributed by atoms with Crippen LogP contribution in [0.1, 0.15) is 30.7 Å². The van der Waals surface area contributed by atoms with Crippen LogP contribution in [0, 0.1) is 0 Å². The number of fused-ring (bicyclic) bond motifs is 1. The molecular formula is C15H18N6S. The van der Waals surface area contributed by atoms with Crippen LogP contribution in [-0.2, 0) is 6.42 Å². The summed E-state index contributed by atoms with van der Waals surface area (Å²) in [5.41, 5.74) is 0. The van der Waals surface area contributed by atoms with Gasteiger partial charge in [0.2, 0.25) is 0 Å². The lowest BCUT2D eigenvalue weighted by molar-refractivity contribution is 0.359. The molecule has 0 aliphatic carbocycles. The van der Waals surface area contributed by atoms with E-state index in [0.29, 0.717) is 6.04 Å². The molecule has 0 aromatic carbocycles. The van der Waals surface area contributed by atoms with E-state index in [-0.39, 0.29) is 0 Å². The molecule has 1 aliphatic rings. The predicted molar refractivity (Wildman–Crippen MR) is 87.3 cm³/mol. The van der Waals surface area contributed by atoms with Gasteiger partial charge in [-0.3, -0.25) is 0 Å². The maximum absolute atomic E-state index is 4.55. The fraction of sp³-hybridized carbons (Fsp3) is 0.467. The molecule has 1 aliphatic heterocycles. The minimum Gasteiger partial charge on any atom is -0.356 e. The second-order valence-corrected chi connectivity index (χ2v) is 6.70. The predicted octanol–water partition coefficient (Wildman–Crippen LogP) is 2.69. The molecule has 3 aromatic heterocycles. The third kappa shape index (κ3) is 2.35. The van der Waals surface area contributed by atoms with E-state index in [1.54, 1.807) is 23.9 Å². The van der Waals surface area contributed by atoms with Gasteiger partial charge in [0.15, 0.2) is 0 Å². The van der Waals surface area contributed by atoms with Gasteiger partial charge in [-0.2, -0.15) is 0 Å². The van der Waals surface area contributed by atoms with Gasteiger partial charge >= 0.3 is 0 Å². The van der Waals surface area contributed by atoms with Crippen molar-refractivity contribution < 1.29 is 0 Å². The van der Waals surface area contributed by atoms with Crippen LogP contribution >= 0.6 is 11.3 Å². The second kappa shape index (κ2) is 5.64. The molecule has 0 bridgehead atoms. The largest absolute Gasteiger partial charge is 0.356 e. The number of nitrogens with zero attached hydrogens (tertiary/aromatic N) is 6. The van der Waals surface area contributed by atoms with Gasteiger partial charge < -0.3 is 4.90 Å². The van der Waals surface area contributed by atoms with Crippen LogP contribution in [0.2, 0.25) is 0 Å². The van der Waals surface area contributed by atoms with Crippen LogP contribution in [0.4, 0.5) is 5.82 Å². The summed E-state index contributed by atoms with van der Waals surface area (Å²) in [6.07, 6.45) is 8.58. The fourth-order valence-corrected chi connectivity index (χ4v) is 4.00. The highest BCUT2D eigenvalue weighted by atomic mass is 32.1. The molecule has 0 N–H and O–H groups in total. The van der Waals surface area contributed by atoms with Gasteiger partial charge in [0.05, 0.1) is 17.6 Å². The summed E-state index contributed by atoms with van der Waals surface area (Å²) < 4.78 is 1.98. The molecule has 0 unspecified atom stereocenters. The zero-order chi connectivity index (χ0) is 14.9. The monoisotopic (exact) mass is 314 g/mol. The quantitative estimate of drug-likeness (QED) is 0.744. The van der Waals surface area contributed by atoms with Crippen LogP contribution < -0.4 is 4.90 Å². The van der Waals surface area contributed by atoms with Gasteiger partial charge in [-0.25, -0.2) is 14.6 Å². The number of anilines is 1. The normalized spacial score (nSPS) is 16.5. The first-order valence-corrected chi connectivity index (χ1v) is 8.51. The molecule has 0 saturated carbocycles. The van der Waals surface area contributed by atoms with Crippen molar-refractivity contribution >= 4 is 27.4 Å². The van der Waals surface area contributed by atoms with Gasteiger partial charge in [-0.15, -0.1) is 16.4 Å². The molecule has 7 heteroatoms. The van der Waals surface area contributed by atoms with Crippen molar-refractivity contribution in [2.45, 2.75) is 32.2 Å². The van der Waals surface area contributed by atoms with Crippen molar-refractivity contribution in [1.29, 1.82) is 0 Å². The molecule has 22 heavy (non-hydrogen) atoms. The number of aryl methyl sites for hydroxylation is 1. The van der Waals surface area contributed by atoms with Gasteiger partial charge in [-0.05, 0) is 25.3 Å². The molecule has 4 rings (SSSR count). The van der Waals surface area contributed by atoms with E-state index in [0.717, 1.165) is 43.0 Å². The van der Waals surface area contributed by atoms with Crippen molar-refractivity contribution in [3.05, 3.63) is 29.7 Å². The topological polar surface area (TPSA) is 59.7 Å². The Labute approximate surface area is 132 Å². The zero-order valence-electron chi connectivity index (χ0n) is 12.5. The molecular weight excluding hydrogens is 296 g/mol. The van der Waals surface area contributed by atoms with Gasteiger partial charge in [0, 0.05) is 24.2 Å². The molecule has 0 radical (unpaired) electrons. The van der Waals surface area contributed by atoms with Crippen LogP contribution in [0.15, 0.2) is 24.8 Å². The average Bonchev–Trinajstić information content (AvgIpc) is 3.23. The van der Waals surface area contributed by atoms with Crippen molar-refractivity contribution in [2.24, 2.45) is 0 Å². The lowest BCUT2D eigenvalue weighted by atomic mass is 10.1. The third-order valence-electron chi connectivity index (χ3n) is 4.29. The molecule has 0 spiro atoms. The van der Waals surface area contributed by atoms with Crippen LogP contribution in [0.5, 0.6) is 0 Å². The minimum atomic E-state index is 0.449. The first-order valence-electron chi connectivity index (χ1n) is 7.69. The summed E-state index contributed by atoms with van der Waals surface area (Å²) in [5, 5.41) is 9.23. The van der Waals surface area contributed by atoms with E-state index in [1.807, 2.05) is 10.9 Å². The van der Waals surface area contributed by atoms with E-state index in [1.165, 1.54) is 10.3 Å². The Morgan fingerprint density at radius 2 is 2.14 bits per heavy atom. The summed E-state index contributed by atoms with van der Waals surface area (Å²) in [4.78, 5) is 13.8. The van der Waals surface area contributed by atoms with Crippen LogP contribution in [0.3, 0.4) is 0 Å². The average molecular weight is 314 g/mol. The van der Waals surface area contributed by atoms with E-state index in [4.69, 9.17) is 0 Å². The Kier molecular flexibility index (Phi) is 3.49. The number of thiophene rings is 1. The van der Waals surface area contributed by atoms with Crippen molar-refractivity contribution in [2.75, 3.05) is 18.0 Å². The molecule has 4 heterocycles. The van der Waals surface area contributed by atoms with Crippen LogP contribution in [-0.4, -0.2) is 38.1 Å². The van der Waals surface area contributed by atoms with E-state index in [2.05, 4.69) is 38.2 Å². The summed E-state index contributed by atoms with van der Waals surface area (Å²) in [6, 6.07) is 2.70. The molecule has 3 aromatic rings. The van der Waals surface area contributed by atoms with E-state index < -0.39 is 0 Å². The van der Waals surface area contributed by atoms with Crippen molar-refractivity contribution in [1.82, 2.24) is 25.0 Å². The molecule has 1 saturated heterocycles. The Bertz CT molecular complexity index is 758. The zero-order valence-corrected chi connectivity index (χ0v) is 13.3. The van der Waals surface area contributed by atoms with Gasteiger partial charge in [-0.1, -0.05) is 12.1 Å². The summed E-state index contributed by atoms with van der Waals surface area (Å²) >= 11 is 1.77. The highest BCUT2D eigenvalue weighted by Crippen LogP contribution is 2.33. The maximum atomic E-state index is 4.55.